The van der Waals surface area contributed by atoms with E-state index in [2.05, 4.69) is 26.2 Å². The van der Waals surface area contributed by atoms with Crippen LogP contribution < -0.4 is 10.6 Å². The lowest BCUT2D eigenvalue weighted by Crippen LogP contribution is -3.00. The fourth-order valence-corrected chi connectivity index (χ4v) is 2.50. The van der Waals surface area contributed by atoms with Crippen LogP contribution in [0.4, 0.5) is 11.5 Å². The standard InChI is InChI=1S/C17H17N3/c1-20(2)17-15(12-8-4-3-5-9-12)16(18)13-10-6-7-11-14(13)19-17/h3-11H,1-2H3,(H2,18,19)/p+1. The van der Waals surface area contributed by atoms with Crippen molar-refractivity contribution >= 4 is 22.4 Å². The molecule has 0 atom stereocenters. The second kappa shape index (κ2) is 4.94. The van der Waals surface area contributed by atoms with Crippen molar-refractivity contribution in [2.45, 2.75) is 0 Å². The number of aromatic nitrogens is 1. The molecule has 0 bridgehead atoms. The Bertz CT molecular complexity index is 749. The molecule has 0 saturated heterocycles. The fourth-order valence-electron chi connectivity index (χ4n) is 2.50. The third-order valence-corrected chi connectivity index (χ3v) is 3.47. The number of pyridine rings is 1. The van der Waals surface area contributed by atoms with E-state index in [-0.39, 0.29) is 0 Å². The van der Waals surface area contributed by atoms with Gasteiger partial charge in [-0.15, -0.1) is 0 Å². The van der Waals surface area contributed by atoms with Crippen LogP contribution in [0.25, 0.3) is 22.0 Å². The number of rotatable bonds is 2. The topological polar surface area (TPSA) is 43.4 Å². The summed E-state index contributed by atoms with van der Waals surface area (Å²) in [4.78, 5) is 5.96. The lowest BCUT2D eigenvalue weighted by Gasteiger charge is -2.15. The predicted molar refractivity (Wildman–Crippen MR) is 84.1 cm³/mol. The molecule has 0 saturated carbocycles. The molecule has 3 N–H and O–H groups in total. The first-order chi connectivity index (χ1) is 9.68. The zero-order valence-electron chi connectivity index (χ0n) is 11.7. The number of hydrogen-bond acceptors (Lipinski definition) is 2. The second-order valence-corrected chi connectivity index (χ2v) is 5.13. The normalized spacial score (nSPS) is 11.2. The number of fused-ring (bicyclic) bond motifs is 1. The molecule has 0 amide bonds. The van der Waals surface area contributed by atoms with Crippen molar-refractivity contribution in [2.24, 2.45) is 0 Å². The minimum absolute atomic E-state index is 0.804. The van der Waals surface area contributed by atoms with Crippen LogP contribution in [-0.4, -0.2) is 19.1 Å². The first kappa shape index (κ1) is 12.6. The molecule has 3 aromatic rings. The molecule has 0 spiro atoms. The minimum atomic E-state index is 0.804. The molecule has 0 aliphatic carbocycles. The van der Waals surface area contributed by atoms with E-state index in [1.807, 2.05) is 42.5 Å². The number of benzene rings is 2. The predicted octanol–water partition coefficient (Wildman–Crippen LogP) is 2.26. The summed E-state index contributed by atoms with van der Waals surface area (Å²) >= 11 is 0. The van der Waals surface area contributed by atoms with Gasteiger partial charge in [0.1, 0.15) is 0 Å². The summed E-state index contributed by atoms with van der Waals surface area (Å²) < 4.78 is 0. The number of nitrogens with one attached hydrogen (secondary N) is 1. The van der Waals surface area contributed by atoms with E-state index in [0.717, 1.165) is 33.5 Å². The first-order valence-electron chi connectivity index (χ1n) is 6.72. The van der Waals surface area contributed by atoms with Crippen molar-refractivity contribution < 1.29 is 4.90 Å². The lowest BCUT2D eigenvalue weighted by molar-refractivity contribution is -0.788. The van der Waals surface area contributed by atoms with E-state index < -0.39 is 0 Å². The van der Waals surface area contributed by atoms with E-state index in [0.29, 0.717) is 0 Å². The molecule has 100 valence electrons. The summed E-state index contributed by atoms with van der Waals surface area (Å²) in [6, 6.07) is 18.2. The highest BCUT2D eigenvalue weighted by atomic mass is 15.1. The highest BCUT2D eigenvalue weighted by molar-refractivity contribution is 6.01. The Labute approximate surface area is 118 Å². The van der Waals surface area contributed by atoms with Crippen molar-refractivity contribution in [3.05, 3.63) is 54.6 Å². The number of anilines is 1. The van der Waals surface area contributed by atoms with Crippen LogP contribution in [0, 0.1) is 0 Å². The second-order valence-electron chi connectivity index (χ2n) is 5.13. The Morgan fingerprint density at radius 1 is 0.900 bits per heavy atom. The molecule has 0 unspecified atom stereocenters. The van der Waals surface area contributed by atoms with Crippen LogP contribution in [0.15, 0.2) is 54.6 Å². The number of quaternary nitrogens is 1. The van der Waals surface area contributed by atoms with Gasteiger partial charge >= 0.3 is 0 Å². The molecular formula is C17H18N3+. The number of nitrogen functional groups attached to an aromatic ring is 1. The van der Waals surface area contributed by atoms with E-state index >= 15 is 0 Å². The molecule has 3 heteroatoms. The Balaban J connectivity index is 2.39. The van der Waals surface area contributed by atoms with Gasteiger partial charge in [0, 0.05) is 5.39 Å². The maximum absolute atomic E-state index is 6.44. The fraction of sp³-hybridized carbons (Fsp3) is 0.118. The number of hydrogen-bond donors (Lipinski definition) is 2. The monoisotopic (exact) mass is 264 g/mol. The van der Waals surface area contributed by atoms with Crippen molar-refractivity contribution in [2.75, 3.05) is 19.8 Å². The Kier molecular flexibility index (Phi) is 3.12. The van der Waals surface area contributed by atoms with Crippen LogP contribution >= 0.6 is 0 Å². The average Bonchev–Trinajstić information content (AvgIpc) is 2.48. The Hall–Kier alpha value is -2.39. The molecule has 1 heterocycles. The van der Waals surface area contributed by atoms with Crippen LogP contribution in [0.3, 0.4) is 0 Å². The van der Waals surface area contributed by atoms with Crippen LogP contribution in [-0.2, 0) is 0 Å². The molecule has 3 rings (SSSR count). The summed E-state index contributed by atoms with van der Waals surface area (Å²) in [5.74, 6) is 0.979. The van der Waals surface area contributed by atoms with Gasteiger partial charge in [-0.3, -0.25) is 4.90 Å². The Morgan fingerprint density at radius 3 is 2.25 bits per heavy atom. The molecule has 0 aliphatic heterocycles. The van der Waals surface area contributed by atoms with E-state index in [9.17, 15) is 0 Å². The largest absolute Gasteiger partial charge is 0.397 e. The first-order valence-corrected chi connectivity index (χ1v) is 6.72. The van der Waals surface area contributed by atoms with Crippen molar-refractivity contribution in [3.8, 4) is 11.1 Å². The van der Waals surface area contributed by atoms with Gasteiger partial charge in [-0.2, -0.15) is 4.98 Å². The van der Waals surface area contributed by atoms with Crippen LogP contribution in [0.2, 0.25) is 0 Å². The van der Waals surface area contributed by atoms with Gasteiger partial charge in [-0.1, -0.05) is 48.5 Å². The third-order valence-electron chi connectivity index (χ3n) is 3.47. The molecular weight excluding hydrogens is 246 g/mol. The summed E-state index contributed by atoms with van der Waals surface area (Å²) in [7, 11) is 4.14. The molecule has 20 heavy (non-hydrogen) atoms. The molecule has 0 fully saturated rings. The van der Waals surface area contributed by atoms with Gasteiger partial charge in [0.2, 0.25) is 5.82 Å². The number of para-hydroxylation sites is 1. The Morgan fingerprint density at radius 2 is 1.55 bits per heavy atom. The van der Waals surface area contributed by atoms with Gasteiger partial charge in [0.15, 0.2) is 0 Å². The van der Waals surface area contributed by atoms with Gasteiger partial charge in [0.05, 0.1) is 30.9 Å². The van der Waals surface area contributed by atoms with E-state index in [4.69, 9.17) is 10.7 Å². The average molecular weight is 264 g/mol. The molecule has 1 aromatic heterocycles. The molecule has 2 aromatic carbocycles. The van der Waals surface area contributed by atoms with Crippen molar-refractivity contribution in [1.29, 1.82) is 0 Å². The molecule has 0 aliphatic rings. The maximum Gasteiger partial charge on any atom is 0.236 e. The molecule has 0 radical (unpaired) electrons. The third kappa shape index (κ3) is 2.02. The number of nitrogens with zero attached hydrogens (tertiary/aromatic N) is 1. The van der Waals surface area contributed by atoms with Gasteiger partial charge in [-0.05, 0) is 11.6 Å². The highest BCUT2D eigenvalue weighted by Crippen LogP contribution is 2.35. The summed E-state index contributed by atoms with van der Waals surface area (Å²) in [5, 5.41) is 1.01. The van der Waals surface area contributed by atoms with Crippen LogP contribution in [0.1, 0.15) is 0 Å². The van der Waals surface area contributed by atoms with Crippen molar-refractivity contribution in [1.82, 2.24) is 4.98 Å². The highest BCUT2D eigenvalue weighted by Gasteiger charge is 2.19. The van der Waals surface area contributed by atoms with Gasteiger partial charge < -0.3 is 5.73 Å². The molecule has 3 nitrogen and oxygen atoms in total. The van der Waals surface area contributed by atoms with E-state index in [1.54, 1.807) is 0 Å². The van der Waals surface area contributed by atoms with Crippen molar-refractivity contribution in [3.63, 3.8) is 0 Å². The zero-order valence-corrected chi connectivity index (χ0v) is 11.7. The van der Waals surface area contributed by atoms with E-state index in [1.165, 1.54) is 4.90 Å². The van der Waals surface area contributed by atoms with Gasteiger partial charge in [-0.25, -0.2) is 0 Å². The maximum atomic E-state index is 6.44. The summed E-state index contributed by atoms with van der Waals surface area (Å²) in [6.07, 6.45) is 0. The van der Waals surface area contributed by atoms with Gasteiger partial charge in [0.25, 0.3) is 0 Å². The number of nitrogens with two attached hydrogens (primary N) is 1. The summed E-state index contributed by atoms with van der Waals surface area (Å²) in [6.45, 7) is 0. The SMILES string of the molecule is C[NH+](C)c1nc2ccccc2c(N)c1-c1ccccc1. The smallest absolute Gasteiger partial charge is 0.236 e. The lowest BCUT2D eigenvalue weighted by atomic mass is 10.0. The quantitative estimate of drug-likeness (QED) is 0.745. The van der Waals surface area contributed by atoms with Crippen LogP contribution in [0.5, 0.6) is 0 Å². The zero-order chi connectivity index (χ0) is 14.1. The summed E-state index contributed by atoms with van der Waals surface area (Å²) in [5.41, 5.74) is 10.3. The minimum Gasteiger partial charge on any atom is -0.397 e.